The van der Waals surface area contributed by atoms with E-state index in [2.05, 4.69) is 0 Å². The number of nitro groups is 1. The zero-order chi connectivity index (χ0) is 10.9. The van der Waals surface area contributed by atoms with Crippen molar-refractivity contribution in [2.75, 3.05) is 0 Å². The van der Waals surface area contributed by atoms with Gasteiger partial charge in [-0.3, -0.25) is 14.9 Å². The minimum absolute atomic E-state index is 0.0340. The molecular weight excluding hydrogens is 208 g/mol. The molecule has 2 N–H and O–H groups in total. The van der Waals surface area contributed by atoms with E-state index in [9.17, 15) is 14.9 Å². The van der Waals surface area contributed by atoms with Gasteiger partial charge in [0, 0.05) is 11.6 Å². The number of halogens is 1. The second kappa shape index (κ2) is 3.63. The lowest BCUT2D eigenvalue weighted by atomic mass is 10.1. The summed E-state index contributed by atoms with van der Waals surface area (Å²) < 4.78 is 0. The van der Waals surface area contributed by atoms with E-state index in [4.69, 9.17) is 17.3 Å². The van der Waals surface area contributed by atoms with Gasteiger partial charge in [-0.2, -0.15) is 0 Å². The first-order valence-electron chi connectivity index (χ1n) is 3.68. The molecule has 0 aromatic heterocycles. The number of benzene rings is 1. The zero-order valence-corrected chi connectivity index (χ0v) is 8.04. The largest absolute Gasteiger partial charge is 0.366 e. The summed E-state index contributed by atoms with van der Waals surface area (Å²) in [7, 11) is 0. The highest BCUT2D eigenvalue weighted by Gasteiger charge is 2.17. The molecule has 1 rings (SSSR count). The third kappa shape index (κ3) is 1.67. The molecule has 0 heterocycles. The van der Waals surface area contributed by atoms with Gasteiger partial charge in [-0.15, -0.1) is 0 Å². The number of amides is 1. The summed E-state index contributed by atoms with van der Waals surface area (Å²) in [6, 6.07) is 2.46. The Morgan fingerprint density at radius 1 is 1.57 bits per heavy atom. The van der Waals surface area contributed by atoms with Crippen LogP contribution in [-0.4, -0.2) is 10.8 Å². The number of nitrogens with zero attached hydrogens (tertiary/aromatic N) is 1. The Balaban J connectivity index is 3.41. The van der Waals surface area contributed by atoms with Gasteiger partial charge in [-0.05, 0) is 13.0 Å². The monoisotopic (exact) mass is 214 g/mol. The van der Waals surface area contributed by atoms with Gasteiger partial charge >= 0.3 is 0 Å². The predicted octanol–water partition coefficient (Wildman–Crippen LogP) is 1.66. The normalized spacial score (nSPS) is 9.86. The molecule has 5 nitrogen and oxygen atoms in total. The van der Waals surface area contributed by atoms with E-state index in [1.54, 1.807) is 0 Å². The fourth-order valence-electron chi connectivity index (χ4n) is 1.06. The second-order valence-corrected chi connectivity index (χ2v) is 3.07. The number of hydrogen-bond acceptors (Lipinski definition) is 3. The molecule has 0 atom stereocenters. The average molecular weight is 215 g/mol. The van der Waals surface area contributed by atoms with Crippen molar-refractivity contribution in [2.45, 2.75) is 6.92 Å². The molecule has 74 valence electrons. The van der Waals surface area contributed by atoms with Crippen LogP contribution in [0.25, 0.3) is 0 Å². The molecule has 0 aliphatic heterocycles. The lowest BCUT2D eigenvalue weighted by molar-refractivity contribution is -0.385. The molecule has 0 aliphatic carbocycles. The zero-order valence-electron chi connectivity index (χ0n) is 7.28. The Morgan fingerprint density at radius 2 is 2.14 bits per heavy atom. The lowest BCUT2D eigenvalue weighted by Gasteiger charge is -2.03. The third-order valence-electron chi connectivity index (χ3n) is 1.82. The van der Waals surface area contributed by atoms with Crippen molar-refractivity contribution in [3.8, 4) is 0 Å². The van der Waals surface area contributed by atoms with Gasteiger partial charge < -0.3 is 5.73 Å². The Labute approximate surface area is 84.6 Å². The predicted molar refractivity (Wildman–Crippen MR) is 51.4 cm³/mol. The summed E-state index contributed by atoms with van der Waals surface area (Å²) >= 11 is 5.73. The van der Waals surface area contributed by atoms with Crippen LogP contribution < -0.4 is 5.73 Å². The van der Waals surface area contributed by atoms with Gasteiger partial charge in [0.15, 0.2) is 0 Å². The summed E-state index contributed by atoms with van der Waals surface area (Å²) in [6.07, 6.45) is 0. The molecule has 1 aromatic rings. The van der Waals surface area contributed by atoms with Crippen LogP contribution in [0, 0.1) is 17.0 Å². The summed E-state index contributed by atoms with van der Waals surface area (Å²) in [6.45, 7) is 1.47. The molecule has 0 fully saturated rings. The molecule has 1 aromatic carbocycles. The van der Waals surface area contributed by atoms with Crippen molar-refractivity contribution in [1.29, 1.82) is 0 Å². The van der Waals surface area contributed by atoms with Crippen molar-refractivity contribution in [2.24, 2.45) is 5.73 Å². The summed E-state index contributed by atoms with van der Waals surface area (Å²) in [5, 5.41) is 10.5. The van der Waals surface area contributed by atoms with Gasteiger partial charge in [-0.1, -0.05) is 11.6 Å². The fraction of sp³-hybridized carbons (Fsp3) is 0.125. The van der Waals surface area contributed by atoms with Gasteiger partial charge in [0.2, 0.25) is 5.91 Å². The Kier molecular flexibility index (Phi) is 2.71. The summed E-state index contributed by atoms with van der Waals surface area (Å²) in [5.74, 6) is -0.701. The Morgan fingerprint density at radius 3 is 2.57 bits per heavy atom. The molecule has 0 bridgehead atoms. The van der Waals surface area contributed by atoms with E-state index in [0.717, 1.165) is 0 Å². The molecule has 0 saturated heterocycles. The first-order valence-corrected chi connectivity index (χ1v) is 4.06. The molecule has 14 heavy (non-hydrogen) atoms. The van der Waals surface area contributed by atoms with Crippen molar-refractivity contribution in [1.82, 2.24) is 0 Å². The third-order valence-corrected chi connectivity index (χ3v) is 2.31. The standard InChI is InChI=1S/C8H7ClN2O3/c1-4-6(11(13)14)3-2-5(7(4)9)8(10)12/h2-3H,1H3,(H2,10,12). The van der Waals surface area contributed by atoms with Crippen molar-refractivity contribution in [3.05, 3.63) is 38.4 Å². The van der Waals surface area contributed by atoms with Crippen LogP contribution in [0.1, 0.15) is 15.9 Å². The smallest absolute Gasteiger partial charge is 0.273 e. The van der Waals surface area contributed by atoms with E-state index in [-0.39, 0.29) is 21.8 Å². The van der Waals surface area contributed by atoms with Crippen LogP contribution in [0.15, 0.2) is 12.1 Å². The highest BCUT2D eigenvalue weighted by Crippen LogP contribution is 2.28. The van der Waals surface area contributed by atoms with E-state index >= 15 is 0 Å². The molecule has 0 spiro atoms. The van der Waals surface area contributed by atoms with Crippen LogP contribution in [0.2, 0.25) is 5.02 Å². The topological polar surface area (TPSA) is 86.2 Å². The quantitative estimate of drug-likeness (QED) is 0.600. The molecular formula is C8H7ClN2O3. The Hall–Kier alpha value is -1.62. The fourth-order valence-corrected chi connectivity index (χ4v) is 1.32. The number of nitro benzene ring substituents is 1. The van der Waals surface area contributed by atoms with Gasteiger partial charge in [-0.25, -0.2) is 0 Å². The first kappa shape index (κ1) is 10.5. The highest BCUT2D eigenvalue weighted by molar-refractivity contribution is 6.34. The minimum atomic E-state index is -0.701. The SMILES string of the molecule is Cc1c([N+](=O)[O-])ccc(C(N)=O)c1Cl. The number of carbonyl (C=O) groups is 1. The molecule has 0 unspecified atom stereocenters. The second-order valence-electron chi connectivity index (χ2n) is 2.69. The Bertz CT molecular complexity index is 378. The van der Waals surface area contributed by atoms with Crippen molar-refractivity contribution >= 4 is 23.2 Å². The van der Waals surface area contributed by atoms with Gasteiger partial charge in [0.25, 0.3) is 5.69 Å². The first-order chi connectivity index (χ1) is 6.45. The van der Waals surface area contributed by atoms with Crippen LogP contribution in [0.4, 0.5) is 5.69 Å². The number of hydrogen-bond donors (Lipinski definition) is 1. The summed E-state index contributed by atoms with van der Waals surface area (Å²) in [4.78, 5) is 20.7. The lowest BCUT2D eigenvalue weighted by Crippen LogP contribution is -2.12. The van der Waals surface area contributed by atoms with Crippen molar-refractivity contribution in [3.63, 3.8) is 0 Å². The van der Waals surface area contributed by atoms with E-state index in [1.807, 2.05) is 0 Å². The molecule has 0 aliphatic rings. The van der Waals surface area contributed by atoms with E-state index in [1.165, 1.54) is 19.1 Å². The van der Waals surface area contributed by atoms with E-state index in [0.29, 0.717) is 0 Å². The molecule has 0 radical (unpaired) electrons. The summed E-state index contributed by atoms with van der Waals surface area (Å²) in [5.41, 5.74) is 5.23. The van der Waals surface area contributed by atoms with E-state index < -0.39 is 10.8 Å². The highest BCUT2D eigenvalue weighted by atomic mass is 35.5. The average Bonchev–Trinajstić information content (AvgIpc) is 2.08. The number of rotatable bonds is 2. The maximum atomic E-state index is 10.8. The number of primary amides is 1. The maximum Gasteiger partial charge on any atom is 0.273 e. The molecule has 0 saturated carbocycles. The molecule has 1 amide bonds. The van der Waals surface area contributed by atoms with Crippen LogP contribution in [0.3, 0.4) is 0 Å². The van der Waals surface area contributed by atoms with Crippen LogP contribution >= 0.6 is 11.6 Å². The number of nitrogens with two attached hydrogens (primary N) is 1. The van der Waals surface area contributed by atoms with Gasteiger partial charge in [0.1, 0.15) is 0 Å². The molecule has 6 heteroatoms. The maximum absolute atomic E-state index is 10.8. The van der Waals surface area contributed by atoms with Crippen LogP contribution in [-0.2, 0) is 0 Å². The van der Waals surface area contributed by atoms with Gasteiger partial charge in [0.05, 0.1) is 15.5 Å². The van der Waals surface area contributed by atoms with Crippen LogP contribution in [0.5, 0.6) is 0 Å². The number of carbonyl (C=O) groups excluding carboxylic acids is 1. The van der Waals surface area contributed by atoms with Crippen molar-refractivity contribution < 1.29 is 9.72 Å². The minimum Gasteiger partial charge on any atom is -0.366 e.